The van der Waals surface area contributed by atoms with Crippen molar-refractivity contribution in [2.24, 2.45) is 0 Å². The molecule has 12 heteroatoms. The number of hydrogen-bond donors (Lipinski definition) is 2. The van der Waals surface area contributed by atoms with E-state index in [0.29, 0.717) is 15.9 Å². The number of anilines is 1. The van der Waals surface area contributed by atoms with Crippen LogP contribution in [-0.2, 0) is 35.0 Å². The van der Waals surface area contributed by atoms with Crippen LogP contribution in [0.25, 0.3) is 16.7 Å². The Bertz CT molecular complexity index is 1070. The van der Waals surface area contributed by atoms with E-state index in [4.69, 9.17) is 24.2 Å². The van der Waals surface area contributed by atoms with Gasteiger partial charge in [-0.15, -0.1) is 5.10 Å². The van der Waals surface area contributed by atoms with Gasteiger partial charge in [0.25, 0.3) is 0 Å². The molecule has 2 amide bonds. The average molecular weight is 598 g/mol. The molecule has 0 aliphatic rings. The molecule has 0 atom stereocenters. The molecule has 2 heterocycles. The van der Waals surface area contributed by atoms with Gasteiger partial charge in [-0.3, -0.25) is 5.21 Å². The number of amides is 2. The zero-order valence-corrected chi connectivity index (χ0v) is 18.0. The van der Waals surface area contributed by atoms with E-state index in [1.807, 2.05) is 12.1 Å². The molecule has 0 aliphatic heterocycles. The molecular formula is C16H13AuClN8OS-2. The van der Waals surface area contributed by atoms with Crippen LogP contribution >= 0.6 is 11.6 Å². The molecule has 4 rings (SSSR count). The van der Waals surface area contributed by atoms with Gasteiger partial charge in [-0.2, -0.15) is 5.10 Å². The molecule has 0 fully saturated rings. The number of nitrogens with one attached hydrogen (secondary N) is 2. The number of halogens is 1. The van der Waals surface area contributed by atoms with Gasteiger partial charge >= 0.3 is 6.03 Å². The van der Waals surface area contributed by atoms with Gasteiger partial charge in [-0.25, -0.2) is 4.79 Å². The third kappa shape index (κ3) is 5.50. The maximum Gasteiger partial charge on any atom is 0.318 e. The van der Waals surface area contributed by atoms with Gasteiger partial charge in [0.05, 0.1) is 0 Å². The van der Waals surface area contributed by atoms with Crippen LogP contribution in [0.2, 0.25) is 5.02 Å². The Hall–Kier alpha value is -2.50. The SMILES string of the molecule is CNC(=O)Nc1cccc(-n2cnnc2[S-])c1.Clc1ccc2[n-]nnc2c1.[Au]. The summed E-state index contributed by atoms with van der Waals surface area (Å²) >= 11 is 10.7. The molecule has 0 aliphatic carbocycles. The van der Waals surface area contributed by atoms with Crippen molar-refractivity contribution in [3.63, 3.8) is 0 Å². The molecule has 2 aromatic heterocycles. The van der Waals surface area contributed by atoms with Crippen molar-refractivity contribution in [3.8, 4) is 5.69 Å². The van der Waals surface area contributed by atoms with Crippen molar-refractivity contribution < 1.29 is 27.2 Å². The quantitative estimate of drug-likeness (QED) is 0.269. The number of carbonyl (C=O) groups is 1. The number of hydrogen-bond acceptors (Lipinski definition) is 6. The molecule has 0 saturated carbocycles. The van der Waals surface area contributed by atoms with E-state index in [0.717, 1.165) is 16.7 Å². The van der Waals surface area contributed by atoms with Crippen molar-refractivity contribution in [3.05, 3.63) is 53.8 Å². The number of aromatic nitrogens is 6. The van der Waals surface area contributed by atoms with Crippen LogP contribution in [0.15, 0.2) is 53.9 Å². The Kier molecular flexibility index (Phi) is 7.91. The third-order valence-corrected chi connectivity index (χ3v) is 3.88. The normalized spacial score (nSPS) is 9.79. The fraction of sp³-hybridized carbons (Fsp3) is 0.0625. The zero-order chi connectivity index (χ0) is 19.2. The first kappa shape index (κ1) is 21.8. The number of carbonyl (C=O) groups excluding carboxylic acids is 1. The molecule has 2 N–H and O–H groups in total. The fourth-order valence-corrected chi connectivity index (χ4v) is 2.47. The van der Waals surface area contributed by atoms with Crippen molar-refractivity contribution in [1.82, 2.24) is 35.5 Å². The molecule has 149 valence electrons. The average Bonchev–Trinajstić information content (AvgIpc) is 3.30. The maximum atomic E-state index is 11.2. The largest absolute Gasteiger partial charge is 0.740 e. The number of benzene rings is 2. The summed E-state index contributed by atoms with van der Waals surface area (Å²) in [5.74, 6) is 0. The van der Waals surface area contributed by atoms with Gasteiger partial charge in [0.15, 0.2) is 0 Å². The van der Waals surface area contributed by atoms with Crippen LogP contribution in [0.4, 0.5) is 10.5 Å². The molecule has 4 aromatic rings. The number of rotatable bonds is 2. The van der Waals surface area contributed by atoms with Crippen molar-refractivity contribution in [1.29, 1.82) is 0 Å². The van der Waals surface area contributed by atoms with Crippen LogP contribution in [0.3, 0.4) is 0 Å². The Labute approximate surface area is 186 Å². The second-order valence-electron chi connectivity index (χ2n) is 5.16. The summed E-state index contributed by atoms with van der Waals surface area (Å²) in [6.45, 7) is 0. The molecular weight excluding hydrogens is 585 g/mol. The van der Waals surface area contributed by atoms with Crippen LogP contribution < -0.4 is 15.7 Å². The summed E-state index contributed by atoms with van der Waals surface area (Å²) in [7, 11) is 1.56. The molecule has 0 saturated heterocycles. The molecule has 1 radical (unpaired) electrons. The fourth-order valence-electron chi connectivity index (χ4n) is 2.11. The van der Waals surface area contributed by atoms with Crippen LogP contribution in [-0.4, -0.2) is 38.2 Å². The first-order valence-corrected chi connectivity index (χ1v) is 8.43. The summed E-state index contributed by atoms with van der Waals surface area (Å²) in [6.07, 6.45) is 1.53. The monoisotopic (exact) mass is 597 g/mol. The van der Waals surface area contributed by atoms with Crippen LogP contribution in [0.5, 0.6) is 0 Å². The van der Waals surface area contributed by atoms with Gasteiger partial charge in [0.2, 0.25) is 0 Å². The van der Waals surface area contributed by atoms with E-state index in [2.05, 4.69) is 36.2 Å². The van der Waals surface area contributed by atoms with Crippen molar-refractivity contribution >= 4 is 47.0 Å². The van der Waals surface area contributed by atoms with Gasteiger partial charge < -0.3 is 38.0 Å². The Balaban J connectivity index is 0.000000217. The smallest absolute Gasteiger partial charge is 0.318 e. The first-order chi connectivity index (χ1) is 13.1. The van der Waals surface area contributed by atoms with Gasteiger partial charge in [-0.1, -0.05) is 23.7 Å². The van der Waals surface area contributed by atoms with E-state index < -0.39 is 0 Å². The molecule has 0 bridgehead atoms. The molecule has 28 heavy (non-hydrogen) atoms. The van der Waals surface area contributed by atoms with E-state index in [1.165, 1.54) is 6.33 Å². The second kappa shape index (κ2) is 10.2. The van der Waals surface area contributed by atoms with Crippen LogP contribution in [0, 0.1) is 0 Å². The van der Waals surface area contributed by atoms with Crippen molar-refractivity contribution in [2.75, 3.05) is 12.4 Å². The minimum atomic E-state index is -0.274. The summed E-state index contributed by atoms with van der Waals surface area (Å²) in [6, 6.07) is 12.3. The van der Waals surface area contributed by atoms with E-state index in [9.17, 15) is 4.79 Å². The van der Waals surface area contributed by atoms with E-state index >= 15 is 0 Å². The van der Waals surface area contributed by atoms with Crippen LogP contribution in [0.1, 0.15) is 0 Å². The topological polar surface area (TPSA) is 112 Å². The summed E-state index contributed by atoms with van der Waals surface area (Å²) in [5, 5.41) is 24.6. The van der Waals surface area contributed by atoms with E-state index in [1.54, 1.807) is 41.9 Å². The number of urea groups is 1. The van der Waals surface area contributed by atoms with Gasteiger partial charge in [0.1, 0.15) is 6.33 Å². The minimum Gasteiger partial charge on any atom is -0.740 e. The standard InChI is InChI=1S/C10H11N5OS.C6H3ClN3.Au/c1-11-9(16)13-7-3-2-4-8(5-7)15-6-12-14-10(15)17;7-4-1-2-5-6(3-4)9-10-8-5;/h2-6H,1H3,(H,14,17)(H2,11,13,16);1-3H;/q;-1;/p-1. The zero-order valence-electron chi connectivity index (χ0n) is 14.3. The molecule has 0 unspecified atom stereocenters. The first-order valence-electron chi connectivity index (χ1n) is 7.64. The summed E-state index contributed by atoms with van der Waals surface area (Å²) in [4.78, 5) is 11.2. The Morgan fingerprint density at radius 1 is 1.21 bits per heavy atom. The molecule has 0 spiro atoms. The summed E-state index contributed by atoms with van der Waals surface area (Å²) in [5.41, 5.74) is 3.00. The molecule has 2 aromatic carbocycles. The van der Waals surface area contributed by atoms with Crippen molar-refractivity contribution in [2.45, 2.75) is 5.16 Å². The maximum absolute atomic E-state index is 11.2. The predicted octanol–water partition coefficient (Wildman–Crippen LogP) is 2.16. The summed E-state index contributed by atoms with van der Waals surface area (Å²) < 4.78 is 1.66. The van der Waals surface area contributed by atoms with E-state index in [-0.39, 0.29) is 28.4 Å². The Morgan fingerprint density at radius 3 is 2.75 bits per heavy atom. The second-order valence-corrected chi connectivity index (χ2v) is 5.96. The van der Waals surface area contributed by atoms with Gasteiger partial charge in [0, 0.05) is 51.0 Å². The Morgan fingerprint density at radius 2 is 2.04 bits per heavy atom. The van der Waals surface area contributed by atoms with Gasteiger partial charge in [-0.05, 0) is 41.4 Å². The number of fused-ring (bicyclic) bond motifs is 1. The predicted molar refractivity (Wildman–Crippen MR) is 103 cm³/mol. The third-order valence-electron chi connectivity index (χ3n) is 3.37. The molecule has 9 nitrogen and oxygen atoms in total. The number of nitrogens with zero attached hydrogens (tertiary/aromatic N) is 6. The minimum absolute atomic E-state index is 0.